The highest BCUT2D eigenvalue weighted by Crippen LogP contribution is 2.35. The Morgan fingerprint density at radius 1 is 1.21 bits per heavy atom. The Balaban J connectivity index is 2.12. The van der Waals surface area contributed by atoms with Crippen LogP contribution >= 0.6 is 0 Å². The molecule has 1 saturated carbocycles. The van der Waals surface area contributed by atoms with Gasteiger partial charge in [0.2, 0.25) is 0 Å². The fourth-order valence-electron chi connectivity index (χ4n) is 2.65. The van der Waals surface area contributed by atoms with E-state index >= 15 is 0 Å². The molecule has 106 valence electrons. The highest BCUT2D eigenvalue weighted by Gasteiger charge is 2.42. The van der Waals surface area contributed by atoms with E-state index in [4.69, 9.17) is 9.47 Å². The van der Waals surface area contributed by atoms with Gasteiger partial charge in [0.05, 0.1) is 0 Å². The Morgan fingerprint density at radius 3 is 2.47 bits per heavy atom. The van der Waals surface area contributed by atoms with Crippen LogP contribution in [0.5, 0.6) is 5.75 Å². The Labute approximate surface area is 116 Å². The smallest absolute Gasteiger partial charge is 0.128 e. The molecule has 3 unspecified atom stereocenters. The molecule has 3 nitrogen and oxygen atoms in total. The lowest BCUT2D eigenvalue weighted by molar-refractivity contribution is -0.0874. The molecule has 3 atom stereocenters. The molecule has 1 N–H and O–H groups in total. The lowest BCUT2D eigenvalue weighted by Gasteiger charge is -2.43. The molecule has 0 spiro atoms. The molecular weight excluding hydrogens is 238 g/mol. The summed E-state index contributed by atoms with van der Waals surface area (Å²) in [4.78, 5) is 0. The molecule has 0 aromatic heterocycles. The number of rotatable bonds is 4. The Morgan fingerprint density at radius 2 is 1.89 bits per heavy atom. The Hall–Kier alpha value is -1.06. The zero-order valence-corrected chi connectivity index (χ0v) is 12.6. The second-order valence-corrected chi connectivity index (χ2v) is 6.23. The van der Waals surface area contributed by atoms with Crippen molar-refractivity contribution in [2.75, 3.05) is 14.2 Å². The third-order valence-electron chi connectivity index (χ3n) is 3.87. The van der Waals surface area contributed by atoms with Gasteiger partial charge < -0.3 is 14.8 Å². The first kappa shape index (κ1) is 14.4. The minimum Gasteiger partial charge on any atom is -0.487 e. The van der Waals surface area contributed by atoms with E-state index in [1.807, 2.05) is 13.1 Å². The van der Waals surface area contributed by atoms with Crippen molar-refractivity contribution < 1.29 is 9.47 Å². The summed E-state index contributed by atoms with van der Waals surface area (Å²) in [6.07, 6.45) is 1.27. The molecule has 0 saturated heterocycles. The first-order valence-corrected chi connectivity index (χ1v) is 6.93. The van der Waals surface area contributed by atoms with E-state index in [-0.39, 0.29) is 17.6 Å². The molecule has 0 amide bonds. The van der Waals surface area contributed by atoms with Crippen LogP contribution in [0.3, 0.4) is 0 Å². The molecule has 0 bridgehead atoms. The van der Waals surface area contributed by atoms with Crippen molar-refractivity contribution in [1.82, 2.24) is 5.32 Å². The van der Waals surface area contributed by atoms with Crippen molar-refractivity contribution >= 4 is 0 Å². The minimum absolute atomic E-state index is 0.0886. The summed E-state index contributed by atoms with van der Waals surface area (Å²) in [6, 6.07) is 8.70. The van der Waals surface area contributed by atoms with Crippen LogP contribution in [-0.2, 0) is 10.2 Å². The van der Waals surface area contributed by atoms with Gasteiger partial charge in [-0.05, 0) is 24.1 Å². The van der Waals surface area contributed by atoms with E-state index in [9.17, 15) is 0 Å². The van der Waals surface area contributed by atoms with Crippen LogP contribution in [0.4, 0.5) is 0 Å². The SMILES string of the molecule is CNC1CC(Oc2ccccc2C(C)(C)C)C1OC. The predicted molar refractivity (Wildman–Crippen MR) is 77.8 cm³/mol. The predicted octanol–water partition coefficient (Wildman–Crippen LogP) is 2.74. The highest BCUT2D eigenvalue weighted by atomic mass is 16.5. The molecule has 2 rings (SSSR count). The summed E-state index contributed by atoms with van der Waals surface area (Å²) >= 11 is 0. The largest absolute Gasteiger partial charge is 0.487 e. The summed E-state index contributed by atoms with van der Waals surface area (Å²) in [6.45, 7) is 6.63. The maximum atomic E-state index is 6.18. The number of ether oxygens (including phenoxy) is 2. The van der Waals surface area contributed by atoms with Crippen molar-refractivity contribution in [3.63, 3.8) is 0 Å². The molecule has 1 aliphatic rings. The molecule has 1 aromatic carbocycles. The van der Waals surface area contributed by atoms with Gasteiger partial charge in [0.25, 0.3) is 0 Å². The zero-order valence-electron chi connectivity index (χ0n) is 12.6. The first-order chi connectivity index (χ1) is 8.97. The van der Waals surface area contributed by atoms with Gasteiger partial charge in [-0.2, -0.15) is 0 Å². The molecule has 19 heavy (non-hydrogen) atoms. The molecule has 1 aliphatic carbocycles. The summed E-state index contributed by atoms with van der Waals surface area (Å²) < 4.78 is 11.7. The van der Waals surface area contributed by atoms with E-state index in [1.165, 1.54) is 5.56 Å². The van der Waals surface area contributed by atoms with Crippen molar-refractivity contribution in [2.45, 2.75) is 50.9 Å². The maximum Gasteiger partial charge on any atom is 0.128 e. The standard InChI is InChI=1S/C16H25NO2/c1-16(2,3)11-8-6-7-9-13(11)19-14-10-12(17-4)15(14)18-5/h6-9,12,14-15,17H,10H2,1-5H3. The molecular formula is C16H25NO2. The van der Waals surface area contributed by atoms with E-state index in [0.29, 0.717) is 6.04 Å². The molecule has 0 radical (unpaired) electrons. The number of hydrogen-bond donors (Lipinski definition) is 1. The molecule has 0 heterocycles. The van der Waals surface area contributed by atoms with Gasteiger partial charge in [0.1, 0.15) is 18.0 Å². The van der Waals surface area contributed by atoms with Gasteiger partial charge in [0.15, 0.2) is 0 Å². The van der Waals surface area contributed by atoms with Crippen molar-refractivity contribution in [1.29, 1.82) is 0 Å². The summed E-state index contributed by atoms with van der Waals surface area (Å²) in [5.41, 5.74) is 1.34. The van der Waals surface area contributed by atoms with Crippen molar-refractivity contribution in [3.8, 4) is 5.75 Å². The van der Waals surface area contributed by atoms with Gasteiger partial charge in [-0.15, -0.1) is 0 Å². The van der Waals surface area contributed by atoms with E-state index in [1.54, 1.807) is 7.11 Å². The summed E-state index contributed by atoms with van der Waals surface area (Å²) in [7, 11) is 3.72. The van der Waals surface area contributed by atoms with Crippen LogP contribution in [0.25, 0.3) is 0 Å². The normalized spacial score (nSPS) is 26.9. The van der Waals surface area contributed by atoms with Crippen LogP contribution in [-0.4, -0.2) is 32.4 Å². The fourth-order valence-corrected chi connectivity index (χ4v) is 2.65. The van der Waals surface area contributed by atoms with Crippen LogP contribution in [0, 0.1) is 0 Å². The number of hydrogen-bond acceptors (Lipinski definition) is 3. The number of benzene rings is 1. The van der Waals surface area contributed by atoms with Crippen LogP contribution in [0.1, 0.15) is 32.8 Å². The van der Waals surface area contributed by atoms with Gasteiger partial charge in [0, 0.05) is 19.6 Å². The van der Waals surface area contributed by atoms with Gasteiger partial charge in [-0.3, -0.25) is 0 Å². The van der Waals surface area contributed by atoms with Gasteiger partial charge in [-0.25, -0.2) is 0 Å². The zero-order chi connectivity index (χ0) is 14.0. The first-order valence-electron chi connectivity index (χ1n) is 6.93. The molecule has 1 aromatic rings. The second-order valence-electron chi connectivity index (χ2n) is 6.23. The number of nitrogens with one attached hydrogen (secondary N) is 1. The molecule has 1 fully saturated rings. The van der Waals surface area contributed by atoms with Gasteiger partial charge >= 0.3 is 0 Å². The summed E-state index contributed by atoms with van der Waals surface area (Å²) in [5, 5.41) is 3.26. The maximum absolute atomic E-state index is 6.18. The minimum atomic E-state index is 0.0886. The monoisotopic (exact) mass is 263 g/mol. The number of para-hydroxylation sites is 1. The van der Waals surface area contributed by atoms with Crippen molar-refractivity contribution in [2.24, 2.45) is 0 Å². The lowest BCUT2D eigenvalue weighted by Crippen LogP contribution is -2.60. The summed E-state index contributed by atoms with van der Waals surface area (Å²) in [5.74, 6) is 0.983. The Kier molecular flexibility index (Phi) is 4.16. The average Bonchev–Trinajstić information content (AvgIpc) is 2.33. The second kappa shape index (κ2) is 5.51. The Bertz CT molecular complexity index is 425. The third kappa shape index (κ3) is 2.93. The fraction of sp³-hybridized carbons (Fsp3) is 0.625. The molecule has 3 heteroatoms. The third-order valence-corrected chi connectivity index (χ3v) is 3.87. The van der Waals surface area contributed by atoms with Crippen LogP contribution in [0.15, 0.2) is 24.3 Å². The van der Waals surface area contributed by atoms with E-state index in [2.05, 4.69) is 44.3 Å². The topological polar surface area (TPSA) is 30.5 Å². The number of methoxy groups -OCH3 is 1. The lowest BCUT2D eigenvalue weighted by atomic mass is 9.84. The van der Waals surface area contributed by atoms with Crippen LogP contribution < -0.4 is 10.1 Å². The van der Waals surface area contributed by atoms with Gasteiger partial charge in [-0.1, -0.05) is 39.0 Å². The molecule has 0 aliphatic heterocycles. The average molecular weight is 263 g/mol. The van der Waals surface area contributed by atoms with Crippen molar-refractivity contribution in [3.05, 3.63) is 29.8 Å². The van der Waals surface area contributed by atoms with Crippen LogP contribution in [0.2, 0.25) is 0 Å². The van der Waals surface area contributed by atoms with E-state index in [0.717, 1.165) is 12.2 Å². The quantitative estimate of drug-likeness (QED) is 0.906. The highest BCUT2D eigenvalue weighted by molar-refractivity contribution is 5.38. The van der Waals surface area contributed by atoms with E-state index < -0.39 is 0 Å². The number of likely N-dealkylation sites (N-methyl/N-ethyl adjacent to an activating group) is 1.